The minimum atomic E-state index is -0.422. The largest absolute Gasteiger partial charge is 0.491 e. The van der Waals surface area contributed by atoms with E-state index < -0.39 is 5.82 Å². The Morgan fingerprint density at radius 1 is 1.19 bits per heavy atom. The van der Waals surface area contributed by atoms with Crippen LogP contribution in [0.5, 0.6) is 5.75 Å². The summed E-state index contributed by atoms with van der Waals surface area (Å²) in [5.41, 5.74) is 2.48. The molecule has 1 amide bonds. The average Bonchev–Trinajstić information content (AvgIpc) is 2.46. The standard InChI is InChI=1S/C17H18FNO2/c1-12-6-7-13(2)16(10-12)21-9-8-19-17(20)14-4-3-5-15(18)11-14/h3-7,10-11H,8-9H2,1-2H3,(H,19,20). The van der Waals surface area contributed by atoms with Gasteiger partial charge in [-0.3, -0.25) is 4.79 Å². The second-order valence-electron chi connectivity index (χ2n) is 4.88. The zero-order valence-electron chi connectivity index (χ0n) is 12.2. The van der Waals surface area contributed by atoms with Gasteiger partial charge in [0.15, 0.2) is 0 Å². The molecule has 0 saturated carbocycles. The molecule has 3 nitrogen and oxygen atoms in total. The van der Waals surface area contributed by atoms with E-state index >= 15 is 0 Å². The zero-order valence-corrected chi connectivity index (χ0v) is 12.2. The molecule has 0 atom stereocenters. The first-order valence-electron chi connectivity index (χ1n) is 6.80. The quantitative estimate of drug-likeness (QED) is 0.857. The Morgan fingerprint density at radius 2 is 2.00 bits per heavy atom. The molecule has 4 heteroatoms. The molecule has 0 aliphatic rings. The van der Waals surface area contributed by atoms with Gasteiger partial charge < -0.3 is 10.1 Å². The van der Waals surface area contributed by atoms with E-state index in [2.05, 4.69) is 5.32 Å². The number of rotatable bonds is 5. The summed E-state index contributed by atoms with van der Waals surface area (Å²) in [5, 5.41) is 2.70. The topological polar surface area (TPSA) is 38.3 Å². The van der Waals surface area contributed by atoms with Gasteiger partial charge in [0.25, 0.3) is 5.91 Å². The highest BCUT2D eigenvalue weighted by atomic mass is 19.1. The number of benzene rings is 2. The number of amides is 1. The Bertz CT molecular complexity index is 640. The molecular formula is C17H18FNO2. The minimum Gasteiger partial charge on any atom is -0.491 e. The number of hydrogen-bond donors (Lipinski definition) is 1. The molecule has 0 heterocycles. The Morgan fingerprint density at radius 3 is 2.76 bits per heavy atom. The maximum Gasteiger partial charge on any atom is 0.251 e. The van der Waals surface area contributed by atoms with E-state index in [4.69, 9.17) is 4.74 Å². The first kappa shape index (κ1) is 15.0. The zero-order chi connectivity index (χ0) is 15.2. The summed E-state index contributed by atoms with van der Waals surface area (Å²) < 4.78 is 18.7. The van der Waals surface area contributed by atoms with E-state index in [0.717, 1.165) is 16.9 Å². The van der Waals surface area contributed by atoms with E-state index in [9.17, 15) is 9.18 Å². The van der Waals surface area contributed by atoms with Crippen molar-refractivity contribution < 1.29 is 13.9 Å². The Labute approximate surface area is 123 Å². The van der Waals surface area contributed by atoms with Crippen molar-refractivity contribution in [1.29, 1.82) is 0 Å². The molecule has 0 radical (unpaired) electrons. The maximum absolute atomic E-state index is 13.0. The number of ether oxygens (including phenoxy) is 1. The van der Waals surface area contributed by atoms with Crippen molar-refractivity contribution in [3.8, 4) is 5.75 Å². The van der Waals surface area contributed by atoms with Gasteiger partial charge in [-0.25, -0.2) is 4.39 Å². The van der Waals surface area contributed by atoms with Gasteiger partial charge in [-0.05, 0) is 49.2 Å². The summed E-state index contributed by atoms with van der Waals surface area (Å²) in [6.45, 7) is 4.70. The van der Waals surface area contributed by atoms with Gasteiger partial charge in [0.05, 0.1) is 6.54 Å². The highest BCUT2D eigenvalue weighted by Gasteiger charge is 2.06. The third kappa shape index (κ3) is 4.31. The molecule has 2 rings (SSSR count). The fraction of sp³-hybridized carbons (Fsp3) is 0.235. The lowest BCUT2D eigenvalue weighted by molar-refractivity contribution is 0.0946. The van der Waals surface area contributed by atoms with E-state index in [-0.39, 0.29) is 5.91 Å². The van der Waals surface area contributed by atoms with Gasteiger partial charge in [-0.1, -0.05) is 18.2 Å². The van der Waals surface area contributed by atoms with Gasteiger partial charge >= 0.3 is 0 Å². The molecule has 2 aromatic carbocycles. The van der Waals surface area contributed by atoms with Crippen molar-refractivity contribution in [3.63, 3.8) is 0 Å². The van der Waals surface area contributed by atoms with E-state index in [1.54, 1.807) is 6.07 Å². The molecule has 0 unspecified atom stereocenters. The summed E-state index contributed by atoms with van der Waals surface area (Å²) in [6.07, 6.45) is 0. The smallest absolute Gasteiger partial charge is 0.251 e. The van der Waals surface area contributed by atoms with Crippen LogP contribution in [0.4, 0.5) is 4.39 Å². The molecular weight excluding hydrogens is 269 g/mol. The molecule has 0 saturated heterocycles. The number of nitrogens with one attached hydrogen (secondary N) is 1. The molecule has 0 aliphatic carbocycles. The molecule has 21 heavy (non-hydrogen) atoms. The highest BCUT2D eigenvalue weighted by molar-refractivity contribution is 5.94. The lowest BCUT2D eigenvalue weighted by Crippen LogP contribution is -2.28. The summed E-state index contributed by atoms with van der Waals surface area (Å²) in [6, 6.07) is 11.6. The van der Waals surface area contributed by atoms with Crippen molar-refractivity contribution in [2.24, 2.45) is 0 Å². The summed E-state index contributed by atoms with van der Waals surface area (Å²) in [5.74, 6) is 0.0864. The Balaban J connectivity index is 1.82. The number of halogens is 1. The van der Waals surface area contributed by atoms with Gasteiger partial charge in [-0.15, -0.1) is 0 Å². The first-order valence-corrected chi connectivity index (χ1v) is 6.80. The van der Waals surface area contributed by atoms with Crippen LogP contribution in [-0.4, -0.2) is 19.1 Å². The minimum absolute atomic E-state index is 0.306. The van der Waals surface area contributed by atoms with Crippen molar-refractivity contribution >= 4 is 5.91 Å². The van der Waals surface area contributed by atoms with E-state index in [0.29, 0.717) is 18.7 Å². The lowest BCUT2D eigenvalue weighted by Gasteiger charge is -2.10. The second-order valence-corrected chi connectivity index (χ2v) is 4.88. The van der Waals surface area contributed by atoms with Crippen LogP contribution in [0.2, 0.25) is 0 Å². The summed E-state index contributed by atoms with van der Waals surface area (Å²) >= 11 is 0. The van der Waals surface area contributed by atoms with E-state index in [1.807, 2.05) is 32.0 Å². The van der Waals surface area contributed by atoms with Crippen LogP contribution in [0.15, 0.2) is 42.5 Å². The van der Waals surface area contributed by atoms with Gasteiger partial charge in [0.2, 0.25) is 0 Å². The lowest BCUT2D eigenvalue weighted by atomic mass is 10.1. The fourth-order valence-corrected chi connectivity index (χ4v) is 1.92. The average molecular weight is 287 g/mol. The van der Waals surface area contributed by atoms with Crippen molar-refractivity contribution in [2.75, 3.05) is 13.2 Å². The van der Waals surface area contributed by atoms with Crippen LogP contribution in [0.1, 0.15) is 21.5 Å². The molecule has 0 aromatic heterocycles. The first-order chi connectivity index (χ1) is 10.1. The monoisotopic (exact) mass is 287 g/mol. The van der Waals surface area contributed by atoms with Crippen LogP contribution in [0, 0.1) is 19.7 Å². The maximum atomic E-state index is 13.0. The molecule has 2 aromatic rings. The van der Waals surface area contributed by atoms with Gasteiger partial charge in [-0.2, -0.15) is 0 Å². The molecule has 0 bridgehead atoms. The Kier molecular flexibility index (Phi) is 4.93. The van der Waals surface area contributed by atoms with Crippen LogP contribution < -0.4 is 10.1 Å². The van der Waals surface area contributed by atoms with Crippen LogP contribution in [-0.2, 0) is 0 Å². The van der Waals surface area contributed by atoms with Crippen LogP contribution in [0.25, 0.3) is 0 Å². The molecule has 110 valence electrons. The summed E-state index contributed by atoms with van der Waals surface area (Å²) in [4.78, 5) is 11.8. The third-order valence-electron chi connectivity index (χ3n) is 3.08. The third-order valence-corrected chi connectivity index (χ3v) is 3.08. The predicted molar refractivity (Wildman–Crippen MR) is 80.1 cm³/mol. The molecule has 0 fully saturated rings. The number of carbonyl (C=O) groups excluding carboxylic acids is 1. The van der Waals surface area contributed by atoms with Crippen LogP contribution in [0.3, 0.4) is 0 Å². The SMILES string of the molecule is Cc1ccc(C)c(OCCNC(=O)c2cccc(F)c2)c1. The highest BCUT2D eigenvalue weighted by Crippen LogP contribution is 2.18. The Hall–Kier alpha value is -2.36. The van der Waals surface area contributed by atoms with Gasteiger partial charge in [0, 0.05) is 5.56 Å². The summed E-state index contributed by atoms with van der Waals surface area (Å²) in [7, 11) is 0. The molecule has 0 spiro atoms. The number of hydrogen-bond acceptors (Lipinski definition) is 2. The van der Waals surface area contributed by atoms with Crippen molar-refractivity contribution in [3.05, 3.63) is 65.0 Å². The van der Waals surface area contributed by atoms with Crippen molar-refractivity contribution in [2.45, 2.75) is 13.8 Å². The second kappa shape index (κ2) is 6.88. The fourth-order valence-electron chi connectivity index (χ4n) is 1.92. The number of carbonyl (C=O) groups is 1. The number of aryl methyl sites for hydroxylation is 2. The molecule has 0 aliphatic heterocycles. The van der Waals surface area contributed by atoms with E-state index in [1.165, 1.54) is 18.2 Å². The van der Waals surface area contributed by atoms with Crippen molar-refractivity contribution in [1.82, 2.24) is 5.32 Å². The normalized spacial score (nSPS) is 10.2. The predicted octanol–water partition coefficient (Wildman–Crippen LogP) is 3.25. The van der Waals surface area contributed by atoms with Crippen LogP contribution >= 0.6 is 0 Å². The molecule has 1 N–H and O–H groups in total. The van der Waals surface area contributed by atoms with Gasteiger partial charge in [0.1, 0.15) is 18.2 Å².